The first-order chi connectivity index (χ1) is 15.4. The standard InChI is InChI=1S/C26H23ClN2O3/c1-16-8-11-22(29(16)23-12-10-21(28)17(2)25(23)26(30)31)20-14-19(27)9-13-24(20)32-15-18-6-4-3-5-7-18/h3-14H,15,28H2,1-2H3,(H,30,31). The predicted molar refractivity (Wildman–Crippen MR) is 128 cm³/mol. The first-order valence-electron chi connectivity index (χ1n) is 10.1. The van der Waals surface area contributed by atoms with Crippen LogP contribution in [0.5, 0.6) is 5.75 Å². The Bertz CT molecular complexity index is 1300. The van der Waals surface area contributed by atoms with Crippen molar-refractivity contribution in [2.24, 2.45) is 0 Å². The van der Waals surface area contributed by atoms with E-state index in [0.29, 0.717) is 34.3 Å². The van der Waals surface area contributed by atoms with Crippen molar-refractivity contribution in [2.45, 2.75) is 20.5 Å². The van der Waals surface area contributed by atoms with Gasteiger partial charge in [-0.15, -0.1) is 0 Å². The maximum Gasteiger partial charge on any atom is 0.338 e. The van der Waals surface area contributed by atoms with E-state index in [1.165, 1.54) is 0 Å². The second-order valence-electron chi connectivity index (χ2n) is 7.59. The van der Waals surface area contributed by atoms with Crippen molar-refractivity contribution in [1.82, 2.24) is 4.57 Å². The fourth-order valence-electron chi connectivity index (χ4n) is 3.80. The van der Waals surface area contributed by atoms with Gasteiger partial charge in [0.1, 0.15) is 12.4 Å². The molecule has 0 unspecified atom stereocenters. The second-order valence-corrected chi connectivity index (χ2v) is 8.03. The molecule has 4 rings (SSSR count). The average Bonchev–Trinajstić information content (AvgIpc) is 3.16. The summed E-state index contributed by atoms with van der Waals surface area (Å²) in [5, 5.41) is 10.5. The molecule has 0 aliphatic heterocycles. The van der Waals surface area contributed by atoms with Gasteiger partial charge in [-0.1, -0.05) is 41.9 Å². The van der Waals surface area contributed by atoms with Crippen LogP contribution in [0.4, 0.5) is 5.69 Å². The number of hydrogen-bond acceptors (Lipinski definition) is 3. The molecule has 1 heterocycles. The number of benzene rings is 3. The largest absolute Gasteiger partial charge is 0.488 e. The van der Waals surface area contributed by atoms with Crippen LogP contribution in [0.2, 0.25) is 5.02 Å². The van der Waals surface area contributed by atoms with Gasteiger partial charge in [0.2, 0.25) is 0 Å². The summed E-state index contributed by atoms with van der Waals surface area (Å²) >= 11 is 6.34. The smallest absolute Gasteiger partial charge is 0.338 e. The molecule has 3 N–H and O–H groups in total. The lowest BCUT2D eigenvalue weighted by molar-refractivity contribution is 0.0696. The first kappa shape index (κ1) is 21.5. The Morgan fingerprint density at radius 2 is 1.78 bits per heavy atom. The van der Waals surface area contributed by atoms with Gasteiger partial charge in [0.15, 0.2) is 0 Å². The molecule has 32 heavy (non-hydrogen) atoms. The molecule has 6 heteroatoms. The number of carbonyl (C=O) groups is 1. The fraction of sp³-hybridized carbons (Fsp3) is 0.115. The van der Waals surface area contributed by atoms with Crippen LogP contribution in [0, 0.1) is 13.8 Å². The van der Waals surface area contributed by atoms with Crippen LogP contribution in [-0.2, 0) is 6.61 Å². The molecule has 0 aliphatic carbocycles. The molecule has 162 valence electrons. The number of aryl methyl sites for hydroxylation is 1. The van der Waals surface area contributed by atoms with E-state index in [9.17, 15) is 9.90 Å². The lowest BCUT2D eigenvalue weighted by Gasteiger charge is -2.19. The molecule has 0 amide bonds. The molecule has 0 spiro atoms. The number of anilines is 1. The number of nitrogens with zero attached hydrogens (tertiary/aromatic N) is 1. The maximum atomic E-state index is 12.1. The van der Waals surface area contributed by atoms with Gasteiger partial charge in [-0.25, -0.2) is 4.79 Å². The van der Waals surface area contributed by atoms with Crippen molar-refractivity contribution in [2.75, 3.05) is 5.73 Å². The van der Waals surface area contributed by atoms with E-state index >= 15 is 0 Å². The zero-order valence-corrected chi connectivity index (χ0v) is 18.6. The van der Waals surface area contributed by atoms with Gasteiger partial charge in [-0.3, -0.25) is 0 Å². The molecule has 0 saturated carbocycles. The minimum atomic E-state index is -1.03. The number of aromatic nitrogens is 1. The Morgan fingerprint density at radius 3 is 2.50 bits per heavy atom. The van der Waals surface area contributed by atoms with Gasteiger partial charge < -0.3 is 20.1 Å². The Hall–Kier alpha value is -3.70. The monoisotopic (exact) mass is 446 g/mol. The molecule has 3 aromatic carbocycles. The third-order valence-electron chi connectivity index (χ3n) is 5.47. The van der Waals surface area contributed by atoms with Crippen molar-refractivity contribution in [3.8, 4) is 22.7 Å². The normalized spacial score (nSPS) is 10.8. The van der Waals surface area contributed by atoms with E-state index in [4.69, 9.17) is 22.1 Å². The summed E-state index contributed by atoms with van der Waals surface area (Å²) in [4.78, 5) is 12.1. The quantitative estimate of drug-likeness (QED) is 0.342. The van der Waals surface area contributed by atoms with E-state index in [1.807, 2.05) is 66.1 Å². The van der Waals surface area contributed by atoms with E-state index in [0.717, 1.165) is 22.5 Å². The Labute approximate surface area is 191 Å². The zero-order valence-electron chi connectivity index (χ0n) is 17.8. The van der Waals surface area contributed by atoms with Crippen LogP contribution >= 0.6 is 11.6 Å². The number of aromatic carboxylic acids is 1. The molecular formula is C26H23ClN2O3. The van der Waals surface area contributed by atoms with Crippen LogP contribution in [-0.4, -0.2) is 15.6 Å². The summed E-state index contributed by atoms with van der Waals surface area (Å²) in [5.74, 6) is -0.378. The molecule has 5 nitrogen and oxygen atoms in total. The highest BCUT2D eigenvalue weighted by atomic mass is 35.5. The SMILES string of the molecule is Cc1c(N)ccc(-n2c(C)ccc2-c2cc(Cl)ccc2OCc2ccccc2)c1C(=O)O. The van der Waals surface area contributed by atoms with Crippen molar-refractivity contribution in [3.05, 3.63) is 100 Å². The fourth-order valence-corrected chi connectivity index (χ4v) is 3.97. The van der Waals surface area contributed by atoms with Gasteiger partial charge in [-0.2, -0.15) is 0 Å². The number of nitrogens with two attached hydrogens (primary N) is 1. The van der Waals surface area contributed by atoms with Gasteiger partial charge >= 0.3 is 5.97 Å². The molecule has 0 radical (unpaired) electrons. The van der Waals surface area contributed by atoms with Crippen molar-refractivity contribution in [3.63, 3.8) is 0 Å². The van der Waals surface area contributed by atoms with Crippen molar-refractivity contribution in [1.29, 1.82) is 0 Å². The van der Waals surface area contributed by atoms with Crippen LogP contribution in [0.25, 0.3) is 16.9 Å². The number of nitrogen functional groups attached to an aromatic ring is 1. The van der Waals surface area contributed by atoms with Crippen molar-refractivity contribution < 1.29 is 14.6 Å². The third kappa shape index (κ3) is 4.07. The van der Waals surface area contributed by atoms with Crippen LogP contribution < -0.4 is 10.5 Å². The Kier molecular flexibility index (Phi) is 5.93. The number of carboxylic acid groups (broad SMARTS) is 1. The second kappa shape index (κ2) is 8.81. The highest BCUT2D eigenvalue weighted by Gasteiger charge is 2.21. The van der Waals surface area contributed by atoms with Crippen LogP contribution in [0.1, 0.15) is 27.2 Å². The predicted octanol–water partition coefficient (Wildman–Crippen LogP) is 6.27. The molecule has 1 aromatic heterocycles. The molecule has 0 saturated heterocycles. The minimum absolute atomic E-state index is 0.166. The van der Waals surface area contributed by atoms with Gasteiger partial charge in [-0.05, 0) is 67.4 Å². The summed E-state index contributed by atoms with van der Waals surface area (Å²) < 4.78 is 8.04. The van der Waals surface area contributed by atoms with Gasteiger partial charge in [0, 0.05) is 22.0 Å². The van der Waals surface area contributed by atoms with E-state index < -0.39 is 5.97 Å². The summed E-state index contributed by atoms with van der Waals surface area (Å²) in [7, 11) is 0. The highest BCUT2D eigenvalue weighted by molar-refractivity contribution is 6.31. The van der Waals surface area contributed by atoms with Crippen LogP contribution in [0.15, 0.2) is 72.8 Å². The van der Waals surface area contributed by atoms with E-state index in [2.05, 4.69) is 0 Å². The Balaban J connectivity index is 1.85. The summed E-state index contributed by atoms with van der Waals surface area (Å²) in [6, 6.07) is 22.7. The first-order valence-corrected chi connectivity index (χ1v) is 10.5. The molecular weight excluding hydrogens is 424 g/mol. The maximum absolute atomic E-state index is 12.1. The molecule has 0 bridgehead atoms. The zero-order chi connectivity index (χ0) is 22.8. The topological polar surface area (TPSA) is 77.5 Å². The number of hydrogen-bond donors (Lipinski definition) is 2. The van der Waals surface area contributed by atoms with Gasteiger partial charge in [0.25, 0.3) is 0 Å². The molecule has 0 aliphatic rings. The molecule has 0 fully saturated rings. The number of rotatable bonds is 6. The van der Waals surface area contributed by atoms with Crippen molar-refractivity contribution >= 4 is 23.3 Å². The number of carboxylic acids is 1. The lowest BCUT2D eigenvalue weighted by Crippen LogP contribution is -2.11. The van der Waals surface area contributed by atoms with E-state index in [-0.39, 0.29) is 5.56 Å². The molecule has 0 atom stereocenters. The molecule has 4 aromatic rings. The lowest BCUT2D eigenvalue weighted by atomic mass is 10.0. The summed E-state index contributed by atoms with van der Waals surface area (Å²) in [6.45, 7) is 4.04. The highest BCUT2D eigenvalue weighted by Crippen LogP contribution is 2.37. The van der Waals surface area contributed by atoms with Crippen LogP contribution in [0.3, 0.4) is 0 Å². The minimum Gasteiger partial charge on any atom is -0.488 e. The third-order valence-corrected chi connectivity index (χ3v) is 5.71. The average molecular weight is 447 g/mol. The number of ether oxygens (including phenoxy) is 1. The summed E-state index contributed by atoms with van der Waals surface area (Å²) in [6.07, 6.45) is 0. The van der Waals surface area contributed by atoms with Gasteiger partial charge in [0.05, 0.1) is 16.9 Å². The Morgan fingerprint density at radius 1 is 1.03 bits per heavy atom. The van der Waals surface area contributed by atoms with E-state index in [1.54, 1.807) is 25.1 Å². The number of halogens is 1. The summed E-state index contributed by atoms with van der Waals surface area (Å²) in [5.41, 5.74) is 11.1.